The fraction of sp³-hybridized carbons (Fsp3) is 0.935. The first-order chi connectivity index (χ1) is 41.1. The van der Waals surface area contributed by atoms with E-state index in [1.807, 2.05) is 0 Å². The highest BCUT2D eigenvalue weighted by Gasteiger charge is 2.61. The van der Waals surface area contributed by atoms with Gasteiger partial charge in [-0.05, 0) is 0 Å². The zero-order valence-corrected chi connectivity index (χ0v) is 50.4. The van der Waals surface area contributed by atoms with Crippen LogP contribution in [-0.4, -0.2) is 341 Å². The van der Waals surface area contributed by atoms with E-state index >= 15 is 0 Å². The minimum atomic E-state index is -6.37. The number of ether oxygens (including phenoxy) is 9. The molecular weight excluding hydrogens is 1450 g/mol. The molecule has 25 atom stereocenters. The number of aliphatic hydroxyl groups excluding tert-OH is 6. The van der Waals surface area contributed by atoms with E-state index in [2.05, 4.69) is 20.9 Å². The summed E-state index contributed by atoms with van der Waals surface area (Å²) in [6, 6.07) is -8.49. The van der Waals surface area contributed by atoms with E-state index in [1.165, 1.54) is 4.72 Å². The first-order valence-corrected chi connectivity index (χ1v) is 34.6. The molecule has 0 aliphatic carbocycles. The van der Waals surface area contributed by atoms with Gasteiger partial charge in [-0.3, -0.25) is 36.4 Å². The fourth-order valence-corrected chi connectivity index (χ4v) is 12.6. The summed E-state index contributed by atoms with van der Waals surface area (Å²) in [6.45, 7) is -5.20. The predicted octanol–water partition coefficient (Wildman–Crippen LogP) is -14.7. The number of hydrogen-bond acceptors (Lipinski definition) is 39. The van der Waals surface area contributed by atoms with Crippen LogP contribution in [0.4, 0.5) is 0 Å². The number of hydrogen-bond donors (Lipinski definition) is 18. The summed E-state index contributed by atoms with van der Waals surface area (Å²) in [5, 5.41) is 101. The van der Waals surface area contributed by atoms with Crippen molar-refractivity contribution in [2.45, 2.75) is 153 Å². The standard InChI is InChI=1S/C31H52N3O49S8/c1-34(86(52,53)54)10-13(37)17(6(73-27(10)45)3-71-88(58,59)60)76-31-22(83-91(67,68)69)16(40)21(24(81-31)26(43)44)79-29-9(33-85(49,50)51)19(82-90(64,65)66)18(7(75-29)4-72-89(61,62)63)77-30-15(39)14(38)20(23(80-30)25(41)42)78-28-8(32-84(46,47)48)12(36)11(35)5(74-28)2-70-87(55,56)57/h5-24,27-33,35-40H,2-4H2,1H3,(H,41,42)(H,43,44)(H,46,47,48)(H,49,50,51)(H,52,53,54)(H,55,56,57)(H,58,59,60)(H,61,62,63)(H,64,65,66)(H,67,68,69)/q-1/t5-,6-,7-,8-,9-,10-,11-,12-,13-,14-,15-,16+,17-,18-,19-,20+,21+,22-,23+,24-,27+,28-,29-,30-,31-/m1/s1. The smallest absolute Gasteiger partial charge is 0.397 e. The lowest BCUT2D eigenvalue weighted by atomic mass is 9.94. The lowest BCUT2D eigenvalue weighted by Gasteiger charge is -2.51. The molecule has 5 fully saturated rings. The molecule has 0 unspecified atom stereocenters. The molecule has 0 saturated carbocycles. The lowest BCUT2D eigenvalue weighted by Crippen LogP contribution is -2.71. The van der Waals surface area contributed by atoms with Gasteiger partial charge in [-0.15, -0.1) is 0 Å². The Morgan fingerprint density at radius 2 is 0.802 bits per heavy atom. The second-order valence-corrected chi connectivity index (χ2v) is 28.1. The molecule has 0 aromatic heterocycles. The van der Waals surface area contributed by atoms with Crippen LogP contribution in [0.15, 0.2) is 0 Å². The van der Waals surface area contributed by atoms with E-state index in [0.29, 0.717) is 7.05 Å². The number of carboxylic acids is 2. The van der Waals surface area contributed by atoms with Crippen LogP contribution in [0.1, 0.15) is 0 Å². The highest BCUT2D eigenvalue weighted by atomic mass is 32.3. The average molecular weight is 1510 g/mol. The van der Waals surface area contributed by atoms with E-state index in [0.717, 1.165) is 4.72 Å². The number of carbonyl (C=O) groups is 2. The Hall–Kier alpha value is -2.74. The van der Waals surface area contributed by atoms with Crippen molar-refractivity contribution in [3.05, 3.63) is 0 Å². The summed E-state index contributed by atoms with van der Waals surface area (Å²) in [6.07, 6.45) is -65.2. The largest absolute Gasteiger partial charge is 0.830 e. The molecule has 5 rings (SSSR count). The van der Waals surface area contributed by atoms with E-state index in [9.17, 15) is 155 Å². The van der Waals surface area contributed by atoms with Crippen molar-refractivity contribution in [3.63, 3.8) is 0 Å². The maximum atomic E-state index is 13.0. The van der Waals surface area contributed by atoms with Gasteiger partial charge in [-0.2, -0.15) is 81.1 Å². The topological polar surface area (TPSA) is 811 Å². The molecule has 5 heterocycles. The Kier molecular flexibility index (Phi) is 25.6. The maximum absolute atomic E-state index is 13.0. The van der Waals surface area contributed by atoms with Crippen LogP contribution in [0, 0.1) is 0 Å². The molecule has 18 N–H and O–H groups in total. The van der Waals surface area contributed by atoms with E-state index < -0.39 is 268 Å². The SMILES string of the molecule is CN([C@@H]1[C@@H](O)[C@H](O[C@@H]2O[C@@H](C(=O)O)[C@@H](O[C@H]3O[C@H](COS(=O)(=O)O)[C@@H](O[C@@H]4O[C@H](C(=O)O)[C@@H](O[C@H]5O[C@H](COS(=O)(=O)O)[C@@H](O)[C@H](O)[C@H]5NS(=O)(=O)O)[C@H](O)[C@H]4O)[C@H](OS(=O)(=O)O)[C@H]3NS(=O)(=O)O)[C@H](O)[C@H]2OS(=O)(=O)O)[C@@H](COS(=O)(=O)O)O[C@@H]1[O-])S(=O)(=O)O. The van der Waals surface area contributed by atoms with Gasteiger partial charge in [0.2, 0.25) is 0 Å². The van der Waals surface area contributed by atoms with Crippen molar-refractivity contribution >= 4 is 94.8 Å². The van der Waals surface area contributed by atoms with Crippen LogP contribution in [0.2, 0.25) is 0 Å². The van der Waals surface area contributed by atoms with Crippen molar-refractivity contribution in [2.75, 3.05) is 26.9 Å². The number of carboxylic acid groups (broad SMARTS) is 2. The van der Waals surface area contributed by atoms with Crippen LogP contribution in [-0.2, 0) is 156 Å². The zero-order valence-electron chi connectivity index (χ0n) is 43.9. The van der Waals surface area contributed by atoms with Crippen LogP contribution in [0.5, 0.6) is 0 Å². The van der Waals surface area contributed by atoms with E-state index in [4.69, 9.17) is 47.2 Å². The predicted molar refractivity (Wildman–Crippen MR) is 259 cm³/mol. The van der Waals surface area contributed by atoms with Crippen molar-refractivity contribution in [2.24, 2.45) is 0 Å². The number of likely N-dealkylation sites (N-methyl/N-ethyl adjacent to an activating group) is 1. The maximum Gasteiger partial charge on any atom is 0.397 e. The van der Waals surface area contributed by atoms with E-state index in [1.54, 1.807) is 0 Å². The number of rotatable bonds is 29. The molecule has 52 nitrogen and oxygen atoms in total. The number of nitrogens with one attached hydrogen (secondary N) is 2. The summed E-state index contributed by atoms with van der Waals surface area (Å²) in [5.74, 6) is -4.95. The van der Waals surface area contributed by atoms with Gasteiger partial charge < -0.3 is 88.6 Å². The second-order valence-electron chi connectivity index (χ2n) is 18.8. The minimum absolute atomic E-state index is 0.315. The van der Waals surface area contributed by atoms with Gasteiger partial charge in [-0.25, -0.2) is 30.5 Å². The highest BCUT2D eigenvalue weighted by molar-refractivity contribution is 7.84. The molecule has 0 aromatic rings. The molecule has 5 aliphatic rings. The zero-order chi connectivity index (χ0) is 69.6. The van der Waals surface area contributed by atoms with Gasteiger partial charge >= 0.3 is 94.8 Å². The van der Waals surface area contributed by atoms with Crippen molar-refractivity contribution in [3.8, 4) is 0 Å². The minimum Gasteiger partial charge on any atom is -0.830 e. The van der Waals surface area contributed by atoms with Crippen molar-refractivity contribution in [1.82, 2.24) is 13.7 Å². The molecule has 0 amide bonds. The molecule has 0 radical (unpaired) electrons. The second kappa shape index (κ2) is 29.5. The van der Waals surface area contributed by atoms with Crippen molar-refractivity contribution in [1.29, 1.82) is 0 Å². The fourth-order valence-electron chi connectivity index (χ4n) is 9.01. The van der Waals surface area contributed by atoms with Gasteiger partial charge in [0, 0.05) is 13.3 Å². The monoisotopic (exact) mass is 1510 g/mol. The Morgan fingerprint density at radius 1 is 0.418 bits per heavy atom. The van der Waals surface area contributed by atoms with Gasteiger partial charge in [0.25, 0.3) is 0 Å². The molecule has 0 aromatic carbocycles. The molecule has 60 heteroatoms. The third-order valence-corrected chi connectivity index (χ3v) is 17.0. The Labute approximate surface area is 509 Å². The molecule has 0 spiro atoms. The van der Waals surface area contributed by atoms with Crippen LogP contribution in [0.25, 0.3) is 0 Å². The lowest BCUT2D eigenvalue weighted by molar-refractivity contribution is -0.526. The van der Waals surface area contributed by atoms with Crippen LogP contribution < -0.4 is 14.6 Å². The number of aliphatic carboxylic acids is 2. The van der Waals surface area contributed by atoms with Gasteiger partial charge in [0.15, 0.2) is 43.5 Å². The Morgan fingerprint density at radius 3 is 1.24 bits per heavy atom. The quantitative estimate of drug-likeness (QED) is 0.0309. The molecule has 91 heavy (non-hydrogen) atoms. The first kappa shape index (κ1) is 79.0. The van der Waals surface area contributed by atoms with Crippen LogP contribution in [0.3, 0.4) is 0 Å². The summed E-state index contributed by atoms with van der Waals surface area (Å²) in [5.41, 5.74) is 0. The van der Waals surface area contributed by atoms with E-state index in [-0.39, 0.29) is 4.31 Å². The third-order valence-electron chi connectivity index (χ3n) is 12.7. The number of nitrogens with zero attached hydrogens (tertiary/aromatic N) is 1. The normalized spacial score (nSPS) is 38.7. The molecular formula is C31H52N3O49S8-. The number of aliphatic hydroxyl groups is 6. The van der Waals surface area contributed by atoms with Gasteiger partial charge in [0.1, 0.15) is 97.5 Å². The molecule has 5 aliphatic heterocycles. The Balaban J connectivity index is 1.60. The summed E-state index contributed by atoms with van der Waals surface area (Å²) < 4.78 is 339. The third kappa shape index (κ3) is 22.1. The Bertz CT molecular complexity index is 3510. The van der Waals surface area contributed by atoms with Crippen molar-refractivity contribution < 1.29 is 223 Å². The highest BCUT2D eigenvalue weighted by Crippen LogP contribution is 2.39. The van der Waals surface area contributed by atoms with Crippen LogP contribution >= 0.6 is 0 Å². The molecule has 0 bridgehead atoms. The summed E-state index contributed by atoms with van der Waals surface area (Å²) in [7, 11) is -46.5. The molecule has 534 valence electrons. The van der Waals surface area contributed by atoms with Gasteiger partial charge in [0.05, 0.1) is 25.9 Å². The average Bonchev–Trinajstić information content (AvgIpc) is 0.769. The summed E-state index contributed by atoms with van der Waals surface area (Å²) >= 11 is 0. The molecule has 5 saturated heterocycles. The first-order valence-electron chi connectivity index (χ1n) is 23.5. The summed E-state index contributed by atoms with van der Waals surface area (Å²) in [4.78, 5) is 25.8. The van der Waals surface area contributed by atoms with Gasteiger partial charge in [-0.1, -0.05) is 0 Å².